The zero-order chi connectivity index (χ0) is 9.56. The number of hydrogen-bond acceptors (Lipinski definition) is 1. The highest BCUT2D eigenvalue weighted by molar-refractivity contribution is 5.80. The summed E-state index contributed by atoms with van der Waals surface area (Å²) in [6, 6.07) is 0. The van der Waals surface area contributed by atoms with Crippen molar-refractivity contribution in [3.05, 3.63) is 24.3 Å². The second-order valence-corrected chi connectivity index (χ2v) is 3.11. The Hall–Kier alpha value is -0.850. The summed E-state index contributed by atoms with van der Waals surface area (Å²) < 4.78 is 0. The normalized spacial score (nSPS) is 14.1. The number of ketones is 1. The van der Waals surface area contributed by atoms with Gasteiger partial charge in [0.1, 0.15) is 5.78 Å². The lowest BCUT2D eigenvalue weighted by Crippen LogP contribution is -2.07. The Morgan fingerprint density at radius 3 is 2.58 bits per heavy atom. The third-order valence-electron chi connectivity index (χ3n) is 2.01. The minimum Gasteiger partial charge on any atom is -0.299 e. The highest BCUT2D eigenvalue weighted by Crippen LogP contribution is 2.08. The molecule has 1 heteroatoms. The molecule has 0 N–H and O–H groups in total. The molecule has 1 atom stereocenters. The molecular formula is C11H18O. The molecule has 0 fully saturated rings. The van der Waals surface area contributed by atoms with Crippen LogP contribution in [0.25, 0.3) is 0 Å². The Labute approximate surface area is 75.2 Å². The highest BCUT2D eigenvalue weighted by Gasteiger charge is 2.07. The van der Waals surface area contributed by atoms with Gasteiger partial charge in [0.25, 0.3) is 0 Å². The lowest BCUT2D eigenvalue weighted by Gasteiger charge is -2.04. The molecule has 1 nitrogen and oxygen atoms in total. The van der Waals surface area contributed by atoms with Crippen molar-refractivity contribution in [3.63, 3.8) is 0 Å². The lowest BCUT2D eigenvalue weighted by molar-refractivity contribution is -0.121. The van der Waals surface area contributed by atoms with Crippen molar-refractivity contribution >= 4 is 5.78 Å². The van der Waals surface area contributed by atoms with Gasteiger partial charge in [0.2, 0.25) is 0 Å². The van der Waals surface area contributed by atoms with Crippen LogP contribution in [0.5, 0.6) is 0 Å². The second-order valence-electron chi connectivity index (χ2n) is 3.11. The molecule has 0 aliphatic rings. The molecule has 0 radical (unpaired) electrons. The summed E-state index contributed by atoms with van der Waals surface area (Å²) in [6.07, 6.45) is 5.35. The van der Waals surface area contributed by atoms with Crippen LogP contribution in [0.15, 0.2) is 24.3 Å². The van der Waals surface area contributed by atoms with Gasteiger partial charge in [-0.05, 0) is 13.3 Å². The Bertz CT molecular complexity index is 189. The molecule has 0 aromatic carbocycles. The van der Waals surface area contributed by atoms with E-state index in [0.717, 1.165) is 12.0 Å². The Morgan fingerprint density at radius 2 is 2.17 bits per heavy atom. The van der Waals surface area contributed by atoms with Crippen LogP contribution in [0.4, 0.5) is 0 Å². The second kappa shape index (κ2) is 5.76. The summed E-state index contributed by atoms with van der Waals surface area (Å²) >= 11 is 0. The number of carbonyl (C=O) groups excluding carboxylic acids is 1. The van der Waals surface area contributed by atoms with Crippen LogP contribution in [0.1, 0.15) is 33.6 Å². The van der Waals surface area contributed by atoms with Crippen LogP contribution in [0.3, 0.4) is 0 Å². The van der Waals surface area contributed by atoms with Crippen molar-refractivity contribution in [2.45, 2.75) is 33.6 Å². The predicted molar refractivity (Wildman–Crippen MR) is 53.0 cm³/mol. The zero-order valence-corrected chi connectivity index (χ0v) is 8.26. The molecule has 68 valence electrons. The summed E-state index contributed by atoms with van der Waals surface area (Å²) in [5.74, 6) is 0.494. The molecule has 12 heavy (non-hydrogen) atoms. The third kappa shape index (κ3) is 4.12. The van der Waals surface area contributed by atoms with Crippen molar-refractivity contribution < 1.29 is 4.79 Å². The monoisotopic (exact) mass is 166 g/mol. The van der Waals surface area contributed by atoms with E-state index in [0.29, 0.717) is 12.2 Å². The summed E-state index contributed by atoms with van der Waals surface area (Å²) in [5, 5.41) is 0. The first-order chi connectivity index (χ1) is 5.61. The van der Waals surface area contributed by atoms with E-state index in [-0.39, 0.29) is 5.92 Å². The van der Waals surface area contributed by atoms with Gasteiger partial charge in [-0.15, -0.1) is 0 Å². The quantitative estimate of drug-likeness (QED) is 0.573. The van der Waals surface area contributed by atoms with Gasteiger partial charge < -0.3 is 0 Å². The molecule has 0 heterocycles. The van der Waals surface area contributed by atoms with E-state index in [1.807, 2.05) is 26.8 Å². The van der Waals surface area contributed by atoms with E-state index in [1.54, 1.807) is 0 Å². The molecule has 0 saturated heterocycles. The molecule has 0 amide bonds. The highest BCUT2D eigenvalue weighted by atomic mass is 16.1. The number of Topliss-reactive ketones (excluding diaryl/α,β-unsaturated/α-hetero) is 1. The first kappa shape index (κ1) is 11.2. The molecule has 0 aliphatic heterocycles. The Balaban J connectivity index is 3.93. The van der Waals surface area contributed by atoms with E-state index < -0.39 is 0 Å². The minimum atomic E-state index is 0.157. The average molecular weight is 166 g/mol. The molecule has 1 unspecified atom stereocenters. The number of rotatable bonds is 5. The molecule has 0 aromatic heterocycles. The van der Waals surface area contributed by atoms with Crippen molar-refractivity contribution in [2.75, 3.05) is 0 Å². The largest absolute Gasteiger partial charge is 0.299 e. The van der Waals surface area contributed by atoms with Crippen molar-refractivity contribution in [2.24, 2.45) is 5.92 Å². The summed E-state index contributed by atoms with van der Waals surface area (Å²) in [6.45, 7) is 9.52. The van der Waals surface area contributed by atoms with Gasteiger partial charge in [-0.3, -0.25) is 4.79 Å². The zero-order valence-electron chi connectivity index (χ0n) is 8.26. The van der Waals surface area contributed by atoms with Gasteiger partial charge in [0, 0.05) is 12.3 Å². The number of allylic oxidation sites excluding steroid dienone is 3. The minimum absolute atomic E-state index is 0.157. The maximum absolute atomic E-state index is 11.2. The van der Waals surface area contributed by atoms with E-state index in [2.05, 4.69) is 12.7 Å². The molecule has 0 aliphatic carbocycles. The van der Waals surface area contributed by atoms with Crippen LogP contribution < -0.4 is 0 Å². The van der Waals surface area contributed by atoms with Gasteiger partial charge in [0.15, 0.2) is 0 Å². The summed E-state index contributed by atoms with van der Waals surface area (Å²) in [4.78, 5) is 11.2. The maximum Gasteiger partial charge on any atom is 0.135 e. The Kier molecular flexibility index (Phi) is 5.35. The Morgan fingerprint density at radius 1 is 1.58 bits per heavy atom. The topological polar surface area (TPSA) is 17.1 Å². The van der Waals surface area contributed by atoms with Gasteiger partial charge in [0.05, 0.1) is 0 Å². The summed E-state index contributed by atoms with van der Waals surface area (Å²) in [5.41, 5.74) is 1.14. The van der Waals surface area contributed by atoms with Crippen molar-refractivity contribution in [1.29, 1.82) is 0 Å². The molecule has 0 bridgehead atoms. The molecule has 0 saturated carbocycles. The van der Waals surface area contributed by atoms with Gasteiger partial charge in [-0.25, -0.2) is 0 Å². The fraction of sp³-hybridized carbons (Fsp3) is 0.545. The van der Waals surface area contributed by atoms with Crippen LogP contribution in [-0.4, -0.2) is 5.78 Å². The molecule has 0 aromatic rings. The predicted octanol–water partition coefficient (Wildman–Crippen LogP) is 3.12. The maximum atomic E-state index is 11.2. The van der Waals surface area contributed by atoms with E-state index in [4.69, 9.17) is 0 Å². The van der Waals surface area contributed by atoms with Crippen LogP contribution in [-0.2, 0) is 4.79 Å². The van der Waals surface area contributed by atoms with Gasteiger partial charge in [-0.2, -0.15) is 0 Å². The van der Waals surface area contributed by atoms with Crippen LogP contribution in [0.2, 0.25) is 0 Å². The molecule has 0 rings (SSSR count). The fourth-order valence-electron chi connectivity index (χ4n) is 0.926. The fourth-order valence-corrected chi connectivity index (χ4v) is 0.926. The van der Waals surface area contributed by atoms with E-state index in [1.165, 1.54) is 0 Å². The van der Waals surface area contributed by atoms with E-state index in [9.17, 15) is 4.79 Å². The standard InChI is InChI=1S/C11H18O/c1-5-9(3)7-8-10(4)11(12)6-2/h5,7,10H,1,6,8H2,2-4H3. The molecular weight excluding hydrogens is 148 g/mol. The van der Waals surface area contributed by atoms with Gasteiger partial charge in [-0.1, -0.05) is 38.2 Å². The summed E-state index contributed by atoms with van der Waals surface area (Å²) in [7, 11) is 0. The first-order valence-electron chi connectivity index (χ1n) is 4.43. The van der Waals surface area contributed by atoms with Crippen LogP contribution >= 0.6 is 0 Å². The lowest BCUT2D eigenvalue weighted by atomic mass is 9.99. The molecule has 0 spiro atoms. The van der Waals surface area contributed by atoms with Gasteiger partial charge >= 0.3 is 0 Å². The first-order valence-corrected chi connectivity index (χ1v) is 4.43. The SMILES string of the molecule is C=CC(C)=CCC(C)C(=O)CC. The van der Waals surface area contributed by atoms with E-state index >= 15 is 0 Å². The number of hydrogen-bond donors (Lipinski definition) is 0. The van der Waals surface area contributed by atoms with Crippen molar-refractivity contribution in [3.8, 4) is 0 Å². The van der Waals surface area contributed by atoms with Crippen molar-refractivity contribution in [1.82, 2.24) is 0 Å². The number of carbonyl (C=O) groups is 1. The van der Waals surface area contributed by atoms with Crippen LogP contribution in [0, 0.1) is 5.92 Å². The third-order valence-corrected chi connectivity index (χ3v) is 2.01. The smallest absolute Gasteiger partial charge is 0.135 e. The average Bonchev–Trinajstić information content (AvgIpc) is 2.11.